The quantitative estimate of drug-likeness (QED) is 0.477. The largest absolute Gasteiger partial charge is 0.354 e. The molecule has 0 aliphatic heterocycles. The first-order valence-electron chi connectivity index (χ1n) is 4.97. The third-order valence-electron chi connectivity index (χ3n) is 1.68. The lowest BCUT2D eigenvalue weighted by Crippen LogP contribution is -2.36. The molecule has 5 heteroatoms. The van der Waals surface area contributed by atoms with E-state index in [2.05, 4.69) is 10.6 Å². The van der Waals surface area contributed by atoms with Gasteiger partial charge in [-0.15, -0.1) is 0 Å². The summed E-state index contributed by atoms with van der Waals surface area (Å²) in [5, 5.41) is 5.19. The third-order valence-corrected chi connectivity index (χ3v) is 1.68. The van der Waals surface area contributed by atoms with E-state index >= 15 is 0 Å². The zero-order valence-corrected chi connectivity index (χ0v) is 9.42. The molecule has 0 atom stereocenters. The summed E-state index contributed by atoms with van der Waals surface area (Å²) in [4.78, 5) is 32.6. The molecule has 5 nitrogen and oxygen atoms in total. The second-order valence-electron chi connectivity index (χ2n) is 3.67. The molecule has 0 unspecified atom stereocenters. The summed E-state index contributed by atoms with van der Waals surface area (Å²) < 4.78 is 0. The molecule has 0 aromatic heterocycles. The Bertz CT molecular complexity index is 249. The fourth-order valence-corrected chi connectivity index (χ4v) is 0.880. The Hall–Kier alpha value is -1.39. The number of nitrogens with one attached hydrogen (secondary N) is 2. The zero-order chi connectivity index (χ0) is 11.8. The monoisotopic (exact) mass is 214 g/mol. The fourth-order valence-electron chi connectivity index (χ4n) is 0.880. The predicted octanol–water partition coefficient (Wildman–Crippen LogP) is -0.146. The van der Waals surface area contributed by atoms with Crippen LogP contribution in [-0.2, 0) is 14.4 Å². The van der Waals surface area contributed by atoms with Gasteiger partial charge >= 0.3 is 0 Å². The molecule has 0 bridgehead atoms. The predicted molar refractivity (Wildman–Crippen MR) is 56.2 cm³/mol. The number of amides is 2. The van der Waals surface area contributed by atoms with Crippen molar-refractivity contribution in [1.82, 2.24) is 10.6 Å². The van der Waals surface area contributed by atoms with Crippen molar-refractivity contribution in [2.45, 2.75) is 27.2 Å². The lowest BCUT2D eigenvalue weighted by Gasteiger charge is -2.08. The van der Waals surface area contributed by atoms with Crippen LogP contribution in [0.1, 0.15) is 27.2 Å². The van der Waals surface area contributed by atoms with Crippen molar-refractivity contribution in [2.24, 2.45) is 5.92 Å². The normalized spacial score (nSPS) is 9.87. The molecule has 2 amide bonds. The van der Waals surface area contributed by atoms with Gasteiger partial charge in [-0.1, -0.05) is 13.8 Å². The molecule has 2 N–H and O–H groups in total. The van der Waals surface area contributed by atoms with Gasteiger partial charge in [-0.3, -0.25) is 14.4 Å². The Morgan fingerprint density at radius 2 is 1.60 bits per heavy atom. The molecule has 0 aromatic carbocycles. The van der Waals surface area contributed by atoms with E-state index in [1.807, 2.05) is 0 Å². The number of hydrogen-bond acceptors (Lipinski definition) is 3. The van der Waals surface area contributed by atoms with Gasteiger partial charge in [0, 0.05) is 19.0 Å². The van der Waals surface area contributed by atoms with E-state index < -0.39 is 0 Å². The highest BCUT2D eigenvalue weighted by Gasteiger charge is 2.06. The van der Waals surface area contributed by atoms with E-state index in [-0.39, 0.29) is 29.9 Å². The van der Waals surface area contributed by atoms with Crippen molar-refractivity contribution in [1.29, 1.82) is 0 Å². The first kappa shape index (κ1) is 13.6. The summed E-state index contributed by atoms with van der Waals surface area (Å²) in [6, 6.07) is 0. The summed E-state index contributed by atoms with van der Waals surface area (Å²) in [5.74, 6) is -0.575. The Morgan fingerprint density at radius 3 is 2.07 bits per heavy atom. The summed E-state index contributed by atoms with van der Waals surface area (Å²) in [5.41, 5.74) is 0. The lowest BCUT2D eigenvalue weighted by molar-refractivity contribution is -0.128. The SMILES string of the molecule is CC(=O)CC(=O)NCCNC(=O)C(C)C. The standard InChI is InChI=1S/C10H18N2O3/c1-7(2)10(15)12-5-4-11-9(14)6-8(3)13/h7H,4-6H2,1-3H3,(H,11,14)(H,12,15). The van der Waals surface area contributed by atoms with Crippen LogP contribution in [0.15, 0.2) is 0 Å². The minimum absolute atomic E-state index is 0.0455. The van der Waals surface area contributed by atoms with Gasteiger partial charge in [0.15, 0.2) is 0 Å². The van der Waals surface area contributed by atoms with Crippen LogP contribution in [0, 0.1) is 5.92 Å². The zero-order valence-electron chi connectivity index (χ0n) is 9.42. The second-order valence-corrected chi connectivity index (χ2v) is 3.67. The molecule has 0 aromatic rings. The van der Waals surface area contributed by atoms with Gasteiger partial charge in [0.2, 0.25) is 11.8 Å². The van der Waals surface area contributed by atoms with Crippen LogP contribution in [0.4, 0.5) is 0 Å². The van der Waals surface area contributed by atoms with Crippen LogP contribution in [0.3, 0.4) is 0 Å². The molecule has 0 aliphatic carbocycles. The van der Waals surface area contributed by atoms with Gasteiger partial charge in [0.25, 0.3) is 0 Å². The first-order chi connectivity index (χ1) is 6.93. The molecule has 15 heavy (non-hydrogen) atoms. The van der Waals surface area contributed by atoms with Gasteiger partial charge < -0.3 is 10.6 Å². The molecule has 0 saturated heterocycles. The van der Waals surface area contributed by atoms with Crippen molar-refractivity contribution in [3.8, 4) is 0 Å². The van der Waals surface area contributed by atoms with Crippen LogP contribution < -0.4 is 10.6 Å². The maximum atomic E-state index is 11.1. The lowest BCUT2D eigenvalue weighted by atomic mass is 10.2. The van der Waals surface area contributed by atoms with Crippen LogP contribution >= 0.6 is 0 Å². The first-order valence-corrected chi connectivity index (χ1v) is 4.97. The van der Waals surface area contributed by atoms with Gasteiger partial charge in [0.1, 0.15) is 5.78 Å². The van der Waals surface area contributed by atoms with E-state index in [0.29, 0.717) is 13.1 Å². The van der Waals surface area contributed by atoms with Gasteiger partial charge in [-0.05, 0) is 6.92 Å². The highest BCUT2D eigenvalue weighted by molar-refractivity contribution is 5.96. The molecule has 86 valence electrons. The second kappa shape index (κ2) is 6.98. The van der Waals surface area contributed by atoms with Crippen molar-refractivity contribution in [2.75, 3.05) is 13.1 Å². The minimum Gasteiger partial charge on any atom is -0.354 e. The van der Waals surface area contributed by atoms with Crippen molar-refractivity contribution >= 4 is 17.6 Å². The summed E-state index contributed by atoms with van der Waals surface area (Å²) in [6.07, 6.45) is -0.0991. The number of Topliss-reactive ketones (excluding diaryl/α,β-unsaturated/α-hetero) is 1. The molecule has 0 saturated carbocycles. The van der Waals surface area contributed by atoms with Crippen LogP contribution in [-0.4, -0.2) is 30.7 Å². The Kier molecular flexibility index (Phi) is 6.33. The number of hydrogen-bond donors (Lipinski definition) is 2. The number of carbonyl (C=O) groups is 3. The molecule has 0 aliphatic rings. The Balaban J connectivity index is 3.50. The molecule has 0 radical (unpaired) electrons. The summed E-state index contributed by atoms with van der Waals surface area (Å²) in [7, 11) is 0. The van der Waals surface area contributed by atoms with Crippen molar-refractivity contribution in [3.63, 3.8) is 0 Å². The van der Waals surface area contributed by atoms with E-state index in [0.717, 1.165) is 0 Å². The van der Waals surface area contributed by atoms with Gasteiger partial charge in [-0.25, -0.2) is 0 Å². The highest BCUT2D eigenvalue weighted by atomic mass is 16.2. The van der Waals surface area contributed by atoms with Crippen molar-refractivity contribution < 1.29 is 14.4 Å². The van der Waals surface area contributed by atoms with E-state index in [9.17, 15) is 14.4 Å². The average molecular weight is 214 g/mol. The van der Waals surface area contributed by atoms with Crippen molar-refractivity contribution in [3.05, 3.63) is 0 Å². The fraction of sp³-hybridized carbons (Fsp3) is 0.700. The molecule has 0 rings (SSSR count). The third kappa shape index (κ3) is 7.66. The van der Waals surface area contributed by atoms with E-state index in [4.69, 9.17) is 0 Å². The van der Waals surface area contributed by atoms with Gasteiger partial charge in [0.05, 0.1) is 6.42 Å². The number of carbonyl (C=O) groups excluding carboxylic acids is 3. The van der Waals surface area contributed by atoms with E-state index in [1.54, 1.807) is 13.8 Å². The Morgan fingerprint density at radius 1 is 1.07 bits per heavy atom. The maximum Gasteiger partial charge on any atom is 0.227 e. The van der Waals surface area contributed by atoms with Gasteiger partial charge in [-0.2, -0.15) is 0 Å². The molecule has 0 heterocycles. The number of rotatable bonds is 6. The molecular formula is C10H18N2O3. The highest BCUT2D eigenvalue weighted by Crippen LogP contribution is 1.89. The maximum absolute atomic E-state index is 11.1. The average Bonchev–Trinajstić information content (AvgIpc) is 2.10. The van der Waals surface area contributed by atoms with Crippen LogP contribution in [0.2, 0.25) is 0 Å². The van der Waals surface area contributed by atoms with E-state index in [1.165, 1.54) is 6.92 Å². The number of ketones is 1. The minimum atomic E-state index is -0.304. The molecular weight excluding hydrogens is 196 g/mol. The smallest absolute Gasteiger partial charge is 0.227 e. The molecule has 0 fully saturated rings. The van der Waals surface area contributed by atoms with Crippen LogP contribution in [0.25, 0.3) is 0 Å². The Labute approximate surface area is 89.6 Å². The molecule has 0 spiro atoms. The topological polar surface area (TPSA) is 75.3 Å². The summed E-state index contributed by atoms with van der Waals surface area (Å²) >= 11 is 0. The van der Waals surface area contributed by atoms with Crippen LogP contribution in [0.5, 0.6) is 0 Å². The summed E-state index contributed by atoms with van der Waals surface area (Å²) in [6.45, 7) is 5.69.